The Balaban J connectivity index is 1.19. The lowest BCUT2D eigenvalue weighted by Gasteiger charge is -2.27. The fraction of sp³-hybridized carbons (Fsp3) is 0.333. The van der Waals surface area contributed by atoms with Gasteiger partial charge in [0.2, 0.25) is 0 Å². The van der Waals surface area contributed by atoms with Crippen molar-refractivity contribution in [1.29, 1.82) is 0 Å². The fourth-order valence-corrected chi connectivity index (χ4v) is 11.6. The lowest BCUT2D eigenvalue weighted by atomic mass is 9.94. The lowest BCUT2D eigenvalue weighted by molar-refractivity contribution is -0.137. The Labute approximate surface area is 367 Å². The SMILES string of the molecule is C=C(C)C=CC(=CC)C(=Cc1ccc(N2c3ccc(C=c4sc(=C5SC(=S)C(CCCCCCCC)C5=O)n(CC(=O)O)c4=O)cc3C3CCCC32)cc1)c1ccccc1. The van der Waals surface area contributed by atoms with Gasteiger partial charge in [-0.05, 0) is 103 Å². The fourth-order valence-electron chi connectivity index (χ4n) is 8.86. The first-order valence-electron chi connectivity index (χ1n) is 21.3. The number of rotatable bonds is 16. The van der Waals surface area contributed by atoms with Gasteiger partial charge in [-0.15, -0.1) is 11.3 Å². The molecule has 1 N–H and O–H groups in total. The number of thioether (sulfide) groups is 1. The molecule has 310 valence electrons. The second-order valence-corrected chi connectivity index (χ2v) is 18.9. The topological polar surface area (TPSA) is 79.6 Å². The molecule has 4 aromatic rings. The van der Waals surface area contributed by atoms with E-state index in [0.29, 0.717) is 36.7 Å². The molecule has 7 rings (SSSR count). The molecule has 1 saturated carbocycles. The number of hydrogen-bond donors (Lipinski definition) is 1. The molecular formula is C51H54N2O4S3. The smallest absolute Gasteiger partial charge is 0.323 e. The summed E-state index contributed by atoms with van der Waals surface area (Å²) in [6.07, 6.45) is 21.2. The number of Topliss-reactive ketones (excluding diaryl/α,β-unsaturated/α-hetero) is 1. The highest BCUT2D eigenvalue weighted by Gasteiger charge is 2.42. The molecule has 0 amide bonds. The van der Waals surface area contributed by atoms with Crippen molar-refractivity contribution in [3.05, 3.63) is 151 Å². The molecule has 3 aromatic carbocycles. The third-order valence-corrected chi connectivity index (χ3v) is 14.7. The molecule has 0 spiro atoms. The molecule has 3 unspecified atom stereocenters. The highest BCUT2D eigenvalue weighted by Crippen LogP contribution is 2.52. The number of thiocarbonyl (C=S) groups is 1. The lowest BCUT2D eigenvalue weighted by Crippen LogP contribution is -2.35. The number of carbonyl (C=O) groups is 2. The summed E-state index contributed by atoms with van der Waals surface area (Å²) in [6, 6.07) is 26.1. The third kappa shape index (κ3) is 9.54. The minimum absolute atomic E-state index is 0.0885. The van der Waals surface area contributed by atoms with Gasteiger partial charge in [-0.1, -0.05) is 155 Å². The van der Waals surface area contributed by atoms with Gasteiger partial charge in [0.1, 0.15) is 11.2 Å². The van der Waals surface area contributed by atoms with Crippen molar-refractivity contribution in [1.82, 2.24) is 4.57 Å². The van der Waals surface area contributed by atoms with Crippen LogP contribution in [0.2, 0.25) is 0 Å². The maximum absolute atomic E-state index is 13.9. The van der Waals surface area contributed by atoms with Crippen LogP contribution in [0.5, 0.6) is 0 Å². The number of unbranched alkanes of at least 4 members (excludes halogenated alkanes) is 5. The van der Waals surface area contributed by atoms with E-state index in [-0.39, 0.29) is 11.7 Å². The standard InChI is InChI=1S/C51H54N2O4S3/c1-5-7-8-9-10-14-18-40-47(56)48(60-51(40)58)50-52(32-46(54)55)49(57)45(59-50)31-35-24-28-44-42(30-35)39-19-15-20-43(39)53(44)38-26-22-34(23-27-38)29-41(37-16-12-11-13-17-37)36(6-2)25-21-33(3)4/h6,11-13,16-17,21-31,39-40,43H,3,5,7-10,14-15,18-20,32H2,1-2,4H3,(H,54,55). The molecule has 6 nitrogen and oxygen atoms in total. The predicted octanol–water partition coefficient (Wildman–Crippen LogP) is 11.3. The van der Waals surface area contributed by atoms with Crippen LogP contribution >= 0.6 is 35.3 Å². The van der Waals surface area contributed by atoms with Crippen molar-refractivity contribution < 1.29 is 14.7 Å². The number of anilines is 2. The predicted molar refractivity (Wildman–Crippen MR) is 257 cm³/mol. The number of thiazole rings is 1. The molecule has 60 heavy (non-hydrogen) atoms. The van der Waals surface area contributed by atoms with Gasteiger partial charge < -0.3 is 10.0 Å². The van der Waals surface area contributed by atoms with Gasteiger partial charge in [0.15, 0.2) is 5.78 Å². The van der Waals surface area contributed by atoms with Crippen molar-refractivity contribution in [2.75, 3.05) is 4.90 Å². The van der Waals surface area contributed by atoms with Crippen LogP contribution in [0, 0.1) is 5.92 Å². The van der Waals surface area contributed by atoms with E-state index in [9.17, 15) is 19.5 Å². The number of fused-ring (bicyclic) bond motifs is 3. The van der Waals surface area contributed by atoms with Gasteiger partial charge in [0.25, 0.3) is 5.56 Å². The Kier molecular flexibility index (Phi) is 14.2. The maximum Gasteiger partial charge on any atom is 0.323 e. The number of allylic oxidation sites excluding steroid dienone is 6. The molecule has 2 fully saturated rings. The number of nitrogens with zero attached hydrogens (tertiary/aromatic N) is 2. The zero-order valence-corrected chi connectivity index (χ0v) is 37.3. The summed E-state index contributed by atoms with van der Waals surface area (Å²) in [6.45, 7) is 9.79. The maximum atomic E-state index is 13.9. The number of aromatic nitrogens is 1. The van der Waals surface area contributed by atoms with Crippen LogP contribution in [0.3, 0.4) is 0 Å². The van der Waals surface area contributed by atoms with E-state index in [1.165, 1.54) is 58.2 Å². The molecule has 1 aromatic heterocycles. The number of hydrogen-bond acceptors (Lipinski definition) is 7. The van der Waals surface area contributed by atoms with E-state index >= 15 is 0 Å². The number of carbonyl (C=O) groups excluding carboxylic acids is 1. The molecule has 1 aliphatic carbocycles. The van der Waals surface area contributed by atoms with Gasteiger partial charge in [-0.3, -0.25) is 19.0 Å². The van der Waals surface area contributed by atoms with Crippen molar-refractivity contribution in [2.24, 2.45) is 5.92 Å². The van der Waals surface area contributed by atoms with Crippen LogP contribution in [0.1, 0.15) is 113 Å². The van der Waals surface area contributed by atoms with Crippen LogP contribution in [0.25, 0.3) is 22.6 Å². The van der Waals surface area contributed by atoms with Crippen LogP contribution in [-0.4, -0.2) is 31.7 Å². The highest BCUT2D eigenvalue weighted by molar-refractivity contribution is 8.30. The molecule has 1 saturated heterocycles. The van der Waals surface area contributed by atoms with Crippen LogP contribution in [-0.2, 0) is 16.1 Å². The second kappa shape index (κ2) is 19.7. The summed E-state index contributed by atoms with van der Waals surface area (Å²) in [5.41, 5.74) is 9.62. The molecular weight excluding hydrogens is 801 g/mol. The van der Waals surface area contributed by atoms with E-state index in [1.807, 2.05) is 31.2 Å². The van der Waals surface area contributed by atoms with Crippen LogP contribution in [0.4, 0.5) is 11.4 Å². The summed E-state index contributed by atoms with van der Waals surface area (Å²) in [7, 11) is 0. The third-order valence-electron chi connectivity index (χ3n) is 11.8. The highest BCUT2D eigenvalue weighted by atomic mass is 32.2. The van der Waals surface area contributed by atoms with Crippen molar-refractivity contribution in [2.45, 2.75) is 103 Å². The second-order valence-electron chi connectivity index (χ2n) is 16.2. The van der Waals surface area contributed by atoms with Gasteiger partial charge in [-0.2, -0.15) is 0 Å². The van der Waals surface area contributed by atoms with Gasteiger partial charge in [0, 0.05) is 23.3 Å². The van der Waals surface area contributed by atoms with E-state index < -0.39 is 18.1 Å². The summed E-state index contributed by atoms with van der Waals surface area (Å²) in [5, 5.41) is 9.81. The van der Waals surface area contributed by atoms with Gasteiger partial charge in [0.05, 0.1) is 19.6 Å². The quantitative estimate of drug-likeness (QED) is 0.0520. The first-order valence-corrected chi connectivity index (χ1v) is 23.4. The van der Waals surface area contributed by atoms with Crippen molar-refractivity contribution >= 4 is 85.3 Å². The zero-order chi connectivity index (χ0) is 42.3. The average molecular weight is 855 g/mol. The van der Waals surface area contributed by atoms with Crippen LogP contribution in [0.15, 0.2) is 114 Å². The Bertz CT molecular complexity index is 2560. The molecule has 9 heteroatoms. The largest absolute Gasteiger partial charge is 0.480 e. The minimum Gasteiger partial charge on any atom is -0.480 e. The van der Waals surface area contributed by atoms with Gasteiger partial charge >= 0.3 is 5.97 Å². The monoisotopic (exact) mass is 854 g/mol. The molecule has 3 atom stereocenters. The van der Waals surface area contributed by atoms with E-state index in [0.717, 1.165) is 77.6 Å². The number of benzene rings is 3. The molecule has 2 aliphatic heterocycles. The summed E-state index contributed by atoms with van der Waals surface area (Å²) >= 11 is 8.12. The molecule has 3 heterocycles. The Morgan fingerprint density at radius 3 is 2.40 bits per heavy atom. The number of ketones is 1. The summed E-state index contributed by atoms with van der Waals surface area (Å²) in [4.78, 5) is 42.5. The van der Waals surface area contributed by atoms with E-state index in [4.69, 9.17) is 12.2 Å². The number of carboxylic acid groups (broad SMARTS) is 1. The molecule has 0 radical (unpaired) electrons. The Morgan fingerprint density at radius 1 is 0.950 bits per heavy atom. The molecule has 3 aliphatic rings. The zero-order valence-electron chi connectivity index (χ0n) is 34.8. The summed E-state index contributed by atoms with van der Waals surface area (Å²) in [5.74, 6) is -1.24. The van der Waals surface area contributed by atoms with Crippen molar-refractivity contribution in [3.63, 3.8) is 0 Å². The number of aliphatic carboxylic acids is 1. The van der Waals surface area contributed by atoms with Crippen LogP contribution < -0.4 is 19.7 Å². The van der Waals surface area contributed by atoms with E-state index in [1.54, 1.807) is 0 Å². The van der Waals surface area contributed by atoms with Crippen molar-refractivity contribution in [3.8, 4) is 0 Å². The summed E-state index contributed by atoms with van der Waals surface area (Å²) < 4.78 is 2.66. The Morgan fingerprint density at radius 2 is 1.68 bits per heavy atom. The van der Waals surface area contributed by atoms with E-state index in [2.05, 4.69) is 104 Å². The number of carboxylic acids is 1. The molecule has 0 bridgehead atoms. The first kappa shape index (κ1) is 43.3. The normalized spacial score (nSPS) is 20.4. The average Bonchev–Trinajstić information content (AvgIpc) is 3.98. The first-order chi connectivity index (χ1) is 29.1. The minimum atomic E-state index is -1.13. The van der Waals surface area contributed by atoms with Gasteiger partial charge in [-0.25, -0.2) is 0 Å². The Hall–Kier alpha value is -4.83.